The zero-order valence-electron chi connectivity index (χ0n) is 14.9. The van der Waals surface area contributed by atoms with Crippen LogP contribution in [0.5, 0.6) is 0 Å². The Kier molecular flexibility index (Phi) is 5.04. The van der Waals surface area contributed by atoms with Crippen LogP contribution < -0.4 is 4.23 Å². The first kappa shape index (κ1) is 16.8. The van der Waals surface area contributed by atoms with Gasteiger partial charge in [-0.1, -0.05) is 70.7 Å². The Hall–Kier alpha value is -0.546. The summed E-state index contributed by atoms with van der Waals surface area (Å²) in [7, 11) is -2.68. The molecule has 1 aromatic carbocycles. The van der Waals surface area contributed by atoms with Gasteiger partial charge in [0.15, 0.2) is 0 Å². The van der Waals surface area contributed by atoms with Crippen LogP contribution in [0.15, 0.2) is 24.3 Å². The lowest BCUT2D eigenvalue weighted by atomic mass is 9.84. The van der Waals surface area contributed by atoms with Gasteiger partial charge in [-0.25, -0.2) is 0 Å². The molecule has 1 fully saturated rings. The fourth-order valence-electron chi connectivity index (χ4n) is 4.13. The third-order valence-electron chi connectivity index (χ3n) is 4.55. The minimum atomic E-state index is -1.34. The van der Waals surface area contributed by atoms with Gasteiger partial charge in [-0.05, 0) is 36.5 Å². The monoisotopic (exact) mass is 319 g/mol. The first-order valence-corrected chi connectivity index (χ1v) is 15.5. The van der Waals surface area contributed by atoms with E-state index in [4.69, 9.17) is 0 Å². The van der Waals surface area contributed by atoms with Crippen molar-refractivity contribution in [2.24, 2.45) is 0 Å². The fraction of sp³-hybridized carbons (Fsp3) is 0.667. The van der Waals surface area contributed by atoms with Gasteiger partial charge in [-0.3, -0.25) is 0 Å². The molecule has 3 heteroatoms. The van der Waals surface area contributed by atoms with Gasteiger partial charge in [-0.15, -0.1) is 0 Å². The summed E-state index contributed by atoms with van der Waals surface area (Å²) in [5.74, 6) is 0.809. The van der Waals surface area contributed by atoms with Crippen molar-refractivity contribution in [1.29, 1.82) is 0 Å². The van der Waals surface area contributed by atoms with Crippen molar-refractivity contribution in [3.63, 3.8) is 0 Å². The summed E-state index contributed by atoms with van der Waals surface area (Å²) in [6, 6.07) is 9.54. The second kappa shape index (κ2) is 6.29. The van der Waals surface area contributed by atoms with Gasteiger partial charge in [0.05, 0.1) is 0 Å². The number of hydrogen-bond donors (Lipinski definition) is 0. The molecule has 21 heavy (non-hydrogen) atoms. The predicted molar refractivity (Wildman–Crippen MR) is 101 cm³/mol. The molecule has 0 spiro atoms. The van der Waals surface area contributed by atoms with Crippen LogP contribution in [0.1, 0.15) is 43.6 Å². The molecule has 0 atom stereocenters. The first-order valence-electron chi connectivity index (χ1n) is 8.60. The topological polar surface area (TPSA) is 3.24 Å². The summed E-state index contributed by atoms with van der Waals surface area (Å²) in [5, 5.41) is 0. The lowest BCUT2D eigenvalue weighted by molar-refractivity contribution is 0.443. The molecule has 1 aliphatic carbocycles. The third-order valence-corrected chi connectivity index (χ3v) is 11.8. The summed E-state index contributed by atoms with van der Waals surface area (Å²) in [6.45, 7) is 14.9. The van der Waals surface area contributed by atoms with E-state index in [1.807, 2.05) is 0 Å². The maximum Gasteiger partial charge on any atom is 0.138 e. The Morgan fingerprint density at radius 1 is 0.857 bits per heavy atom. The van der Waals surface area contributed by atoms with Crippen LogP contribution in [-0.4, -0.2) is 16.5 Å². The highest BCUT2D eigenvalue weighted by molar-refractivity contribution is 6.99. The Labute approximate surface area is 133 Å². The standard InChI is InChI=1S/C18H33NSi2/c1-20(2,3)19(21(4,5)6)18-14-10-13-17(15-18)16-11-8-7-9-12-16/h10,13-16H,7-9,11-12H2,1-6H3. The minimum absolute atomic E-state index is 0.809. The summed E-state index contributed by atoms with van der Waals surface area (Å²) >= 11 is 0. The number of hydrogen-bond acceptors (Lipinski definition) is 1. The van der Waals surface area contributed by atoms with Gasteiger partial charge in [0.25, 0.3) is 0 Å². The molecular formula is C18H33NSi2. The van der Waals surface area contributed by atoms with Crippen molar-refractivity contribution in [1.82, 2.24) is 0 Å². The number of anilines is 1. The Balaban J connectivity index is 2.34. The molecule has 1 nitrogen and oxygen atoms in total. The average molecular weight is 320 g/mol. The van der Waals surface area contributed by atoms with Crippen LogP contribution >= 0.6 is 0 Å². The van der Waals surface area contributed by atoms with E-state index in [1.165, 1.54) is 37.8 Å². The largest absolute Gasteiger partial charge is 0.425 e. The van der Waals surface area contributed by atoms with Crippen molar-refractivity contribution < 1.29 is 0 Å². The van der Waals surface area contributed by atoms with Crippen LogP contribution in [0.2, 0.25) is 39.3 Å². The van der Waals surface area contributed by atoms with Gasteiger partial charge >= 0.3 is 0 Å². The zero-order valence-corrected chi connectivity index (χ0v) is 16.9. The maximum absolute atomic E-state index is 2.84. The van der Waals surface area contributed by atoms with Gasteiger partial charge in [0.1, 0.15) is 16.5 Å². The van der Waals surface area contributed by atoms with Crippen molar-refractivity contribution in [3.05, 3.63) is 29.8 Å². The van der Waals surface area contributed by atoms with Crippen LogP contribution in [-0.2, 0) is 0 Å². The molecule has 1 aromatic rings. The number of rotatable bonds is 4. The predicted octanol–water partition coefficient (Wildman–Crippen LogP) is 6.21. The van der Waals surface area contributed by atoms with E-state index in [9.17, 15) is 0 Å². The van der Waals surface area contributed by atoms with E-state index < -0.39 is 16.5 Å². The molecule has 0 heterocycles. The zero-order chi connectivity index (χ0) is 15.7. The molecule has 1 saturated carbocycles. The first-order chi connectivity index (χ1) is 9.69. The van der Waals surface area contributed by atoms with E-state index in [-0.39, 0.29) is 0 Å². The van der Waals surface area contributed by atoms with Crippen molar-refractivity contribution >= 4 is 22.2 Å². The molecular weight excluding hydrogens is 286 g/mol. The van der Waals surface area contributed by atoms with Crippen LogP contribution in [0, 0.1) is 0 Å². The summed E-state index contributed by atoms with van der Waals surface area (Å²) in [5.41, 5.74) is 3.09. The molecule has 0 radical (unpaired) electrons. The van der Waals surface area contributed by atoms with Crippen LogP contribution in [0.4, 0.5) is 5.69 Å². The summed E-state index contributed by atoms with van der Waals surface area (Å²) in [6.07, 6.45) is 7.06. The van der Waals surface area contributed by atoms with E-state index in [2.05, 4.69) is 67.8 Å². The molecule has 118 valence electrons. The molecule has 0 saturated heterocycles. The molecule has 0 bridgehead atoms. The third kappa shape index (κ3) is 4.22. The smallest absolute Gasteiger partial charge is 0.138 e. The lowest BCUT2D eigenvalue weighted by Crippen LogP contribution is -2.59. The minimum Gasteiger partial charge on any atom is -0.425 e. The van der Waals surface area contributed by atoms with Gasteiger partial charge < -0.3 is 4.23 Å². The average Bonchev–Trinajstić information content (AvgIpc) is 2.37. The molecule has 0 amide bonds. The highest BCUT2D eigenvalue weighted by Gasteiger charge is 2.34. The highest BCUT2D eigenvalue weighted by Crippen LogP contribution is 2.36. The Morgan fingerprint density at radius 2 is 1.43 bits per heavy atom. The normalized spacial score (nSPS) is 17.8. The maximum atomic E-state index is 2.84. The van der Waals surface area contributed by atoms with E-state index in [0.717, 1.165) is 5.92 Å². The summed E-state index contributed by atoms with van der Waals surface area (Å²) < 4.78 is 2.84. The number of benzene rings is 1. The molecule has 0 aliphatic heterocycles. The Bertz CT molecular complexity index is 451. The van der Waals surface area contributed by atoms with Gasteiger partial charge in [0.2, 0.25) is 0 Å². The number of nitrogens with zero attached hydrogens (tertiary/aromatic N) is 1. The van der Waals surface area contributed by atoms with Gasteiger partial charge in [-0.2, -0.15) is 0 Å². The van der Waals surface area contributed by atoms with Crippen molar-refractivity contribution in [2.45, 2.75) is 77.3 Å². The van der Waals surface area contributed by atoms with Crippen LogP contribution in [0.25, 0.3) is 0 Å². The molecule has 0 N–H and O–H groups in total. The van der Waals surface area contributed by atoms with Crippen LogP contribution in [0.3, 0.4) is 0 Å². The second-order valence-corrected chi connectivity index (χ2v) is 18.6. The molecule has 0 unspecified atom stereocenters. The lowest BCUT2D eigenvalue weighted by Gasteiger charge is -2.46. The molecule has 2 rings (SSSR count). The van der Waals surface area contributed by atoms with E-state index in [1.54, 1.807) is 5.56 Å². The van der Waals surface area contributed by atoms with Gasteiger partial charge in [0, 0.05) is 5.69 Å². The quantitative estimate of drug-likeness (QED) is 0.596. The molecule has 0 aromatic heterocycles. The van der Waals surface area contributed by atoms with E-state index in [0.29, 0.717) is 0 Å². The van der Waals surface area contributed by atoms with Crippen molar-refractivity contribution in [2.75, 3.05) is 4.23 Å². The van der Waals surface area contributed by atoms with E-state index >= 15 is 0 Å². The second-order valence-electron chi connectivity index (χ2n) is 8.61. The highest BCUT2D eigenvalue weighted by atomic mass is 28.4. The Morgan fingerprint density at radius 3 is 1.95 bits per heavy atom. The van der Waals surface area contributed by atoms with Crippen molar-refractivity contribution in [3.8, 4) is 0 Å². The SMILES string of the molecule is C[Si](C)(C)N(c1cccc(C2CCCCC2)c1)[Si](C)(C)C. The summed E-state index contributed by atoms with van der Waals surface area (Å²) in [4.78, 5) is 0. The molecule has 1 aliphatic rings. The fourth-order valence-corrected chi connectivity index (χ4v) is 14.0.